The molecule has 0 aliphatic heterocycles. The fourth-order valence-electron chi connectivity index (χ4n) is 0.973. The van der Waals surface area contributed by atoms with Crippen molar-refractivity contribution in [3.05, 3.63) is 24.3 Å². The van der Waals surface area contributed by atoms with Gasteiger partial charge in [-0.2, -0.15) is 0 Å². The number of hydrogen-bond acceptors (Lipinski definition) is 4. The molecule has 1 rings (SSSR count). The largest absolute Gasteiger partial charge is 0.488 e. The quantitative estimate of drug-likeness (QED) is 0.439. The predicted molar refractivity (Wildman–Crippen MR) is 51.8 cm³/mol. The Morgan fingerprint density at radius 3 is 2.23 bits per heavy atom. The van der Waals surface area contributed by atoms with E-state index in [0.717, 1.165) is 5.69 Å². The van der Waals surface area contributed by atoms with Crippen LogP contribution in [-0.2, 0) is 0 Å². The topological polar surface area (TPSA) is 72.7 Å². The number of anilines is 1. The fourth-order valence-corrected chi connectivity index (χ4v) is 0.973. The Bertz CT molecular complexity index is 250. The summed E-state index contributed by atoms with van der Waals surface area (Å²) in [7, 11) is -1.42. The molecule has 0 saturated carbocycles. The molecule has 70 valence electrons. The Morgan fingerprint density at radius 2 is 1.77 bits per heavy atom. The van der Waals surface area contributed by atoms with Crippen molar-refractivity contribution in [2.75, 3.05) is 18.5 Å². The molecule has 13 heavy (non-hydrogen) atoms. The van der Waals surface area contributed by atoms with Crippen molar-refractivity contribution in [2.24, 2.45) is 0 Å². The summed E-state index contributed by atoms with van der Waals surface area (Å²) in [5.41, 5.74) is 1.30. The number of aliphatic hydroxyl groups is 1. The lowest BCUT2D eigenvalue weighted by Crippen LogP contribution is -2.29. The van der Waals surface area contributed by atoms with Gasteiger partial charge in [-0.3, -0.25) is 0 Å². The molecule has 5 heteroatoms. The van der Waals surface area contributed by atoms with E-state index in [-0.39, 0.29) is 6.61 Å². The minimum Gasteiger partial charge on any atom is -0.423 e. The van der Waals surface area contributed by atoms with Gasteiger partial charge in [0.15, 0.2) is 0 Å². The molecular weight excluding hydrogens is 169 g/mol. The molecule has 0 fully saturated rings. The van der Waals surface area contributed by atoms with Gasteiger partial charge in [-0.05, 0) is 17.6 Å². The smallest absolute Gasteiger partial charge is 0.423 e. The van der Waals surface area contributed by atoms with Crippen molar-refractivity contribution >= 4 is 18.3 Å². The van der Waals surface area contributed by atoms with E-state index in [1.807, 2.05) is 0 Å². The van der Waals surface area contributed by atoms with Crippen LogP contribution in [0.5, 0.6) is 0 Å². The van der Waals surface area contributed by atoms with E-state index in [2.05, 4.69) is 5.32 Å². The first-order chi connectivity index (χ1) is 6.24. The second-order valence-corrected chi connectivity index (χ2v) is 2.65. The van der Waals surface area contributed by atoms with Crippen molar-refractivity contribution in [2.45, 2.75) is 0 Å². The molecule has 0 unspecified atom stereocenters. The lowest BCUT2D eigenvalue weighted by Gasteiger charge is -2.04. The van der Waals surface area contributed by atoms with E-state index >= 15 is 0 Å². The van der Waals surface area contributed by atoms with Crippen LogP contribution in [-0.4, -0.2) is 35.4 Å². The van der Waals surface area contributed by atoms with E-state index in [4.69, 9.17) is 15.2 Å². The van der Waals surface area contributed by atoms with Gasteiger partial charge in [0, 0.05) is 12.2 Å². The highest BCUT2D eigenvalue weighted by Crippen LogP contribution is 2.02. The van der Waals surface area contributed by atoms with Gasteiger partial charge in [0.2, 0.25) is 0 Å². The molecule has 0 amide bonds. The van der Waals surface area contributed by atoms with Crippen LogP contribution in [0.15, 0.2) is 24.3 Å². The molecule has 0 aliphatic carbocycles. The Labute approximate surface area is 77.0 Å². The van der Waals surface area contributed by atoms with Crippen molar-refractivity contribution in [1.82, 2.24) is 0 Å². The maximum Gasteiger partial charge on any atom is 0.488 e. The number of benzene rings is 1. The predicted octanol–water partition coefficient (Wildman–Crippen LogP) is -1.23. The van der Waals surface area contributed by atoms with Crippen LogP contribution in [0, 0.1) is 0 Å². The van der Waals surface area contributed by atoms with Gasteiger partial charge in [0.1, 0.15) is 0 Å². The molecule has 0 radical (unpaired) electrons. The summed E-state index contributed by atoms with van der Waals surface area (Å²) < 4.78 is 0. The Kier molecular flexibility index (Phi) is 3.76. The Morgan fingerprint density at radius 1 is 1.15 bits per heavy atom. The summed E-state index contributed by atoms with van der Waals surface area (Å²) in [6, 6.07) is 6.68. The molecule has 0 bridgehead atoms. The van der Waals surface area contributed by atoms with Crippen molar-refractivity contribution in [3.63, 3.8) is 0 Å². The minimum absolute atomic E-state index is 0.0738. The third-order valence-corrected chi connectivity index (χ3v) is 1.65. The average Bonchev–Trinajstić information content (AvgIpc) is 2.15. The zero-order valence-electron chi connectivity index (χ0n) is 7.14. The van der Waals surface area contributed by atoms with E-state index in [1.165, 1.54) is 0 Å². The molecule has 0 atom stereocenters. The van der Waals surface area contributed by atoms with Crippen molar-refractivity contribution < 1.29 is 15.2 Å². The Balaban J connectivity index is 2.59. The average molecular weight is 181 g/mol. The summed E-state index contributed by atoms with van der Waals surface area (Å²) in [6.45, 7) is 0.561. The van der Waals surface area contributed by atoms with Crippen molar-refractivity contribution in [3.8, 4) is 0 Å². The third kappa shape index (κ3) is 3.06. The summed E-state index contributed by atoms with van der Waals surface area (Å²) in [6.07, 6.45) is 0. The molecular formula is C8H12BNO3. The molecule has 1 aromatic carbocycles. The molecule has 0 aliphatic rings. The lowest BCUT2D eigenvalue weighted by atomic mass is 9.80. The molecule has 0 saturated heterocycles. The summed E-state index contributed by atoms with van der Waals surface area (Å²) in [5.74, 6) is 0. The minimum atomic E-state index is -1.42. The van der Waals surface area contributed by atoms with Gasteiger partial charge >= 0.3 is 7.12 Å². The van der Waals surface area contributed by atoms with E-state index in [9.17, 15) is 0 Å². The van der Waals surface area contributed by atoms with Gasteiger partial charge in [-0.15, -0.1) is 0 Å². The first-order valence-corrected chi connectivity index (χ1v) is 4.05. The second-order valence-electron chi connectivity index (χ2n) is 2.65. The second kappa shape index (κ2) is 4.86. The highest BCUT2D eigenvalue weighted by atomic mass is 16.4. The van der Waals surface area contributed by atoms with E-state index in [0.29, 0.717) is 12.0 Å². The molecule has 1 aromatic rings. The van der Waals surface area contributed by atoms with Gasteiger partial charge < -0.3 is 20.5 Å². The maximum absolute atomic E-state index is 8.79. The summed E-state index contributed by atoms with van der Waals surface area (Å²) >= 11 is 0. The summed E-state index contributed by atoms with van der Waals surface area (Å²) in [4.78, 5) is 0. The number of aliphatic hydroxyl groups excluding tert-OH is 1. The summed E-state index contributed by atoms with van der Waals surface area (Å²) in [5, 5.41) is 29.0. The van der Waals surface area contributed by atoms with Crippen LogP contribution in [0.1, 0.15) is 0 Å². The molecule has 4 nitrogen and oxygen atoms in total. The van der Waals surface area contributed by atoms with Gasteiger partial charge in [0.25, 0.3) is 0 Å². The first-order valence-electron chi connectivity index (χ1n) is 4.05. The SMILES string of the molecule is OCCNc1ccc(B(O)O)cc1. The van der Waals surface area contributed by atoms with Gasteiger partial charge in [0.05, 0.1) is 6.61 Å². The standard InChI is InChI=1S/C8H12BNO3/c11-6-5-10-8-3-1-7(2-4-8)9(12)13/h1-4,10-13H,5-6H2. The molecule has 0 heterocycles. The van der Waals surface area contributed by atoms with E-state index < -0.39 is 7.12 Å². The third-order valence-electron chi connectivity index (χ3n) is 1.65. The van der Waals surface area contributed by atoms with Crippen LogP contribution in [0.4, 0.5) is 5.69 Å². The number of hydrogen-bond donors (Lipinski definition) is 4. The molecule has 0 aromatic heterocycles. The normalized spacial score (nSPS) is 9.77. The monoisotopic (exact) mass is 181 g/mol. The van der Waals surface area contributed by atoms with Gasteiger partial charge in [-0.25, -0.2) is 0 Å². The number of rotatable bonds is 4. The van der Waals surface area contributed by atoms with Crippen LogP contribution in [0.25, 0.3) is 0 Å². The first kappa shape index (κ1) is 10.0. The zero-order valence-corrected chi connectivity index (χ0v) is 7.14. The Hall–Kier alpha value is -1.04. The lowest BCUT2D eigenvalue weighted by molar-refractivity contribution is 0.311. The highest BCUT2D eigenvalue weighted by Gasteiger charge is 2.09. The number of nitrogens with one attached hydrogen (secondary N) is 1. The van der Waals surface area contributed by atoms with Gasteiger partial charge in [-0.1, -0.05) is 12.1 Å². The van der Waals surface area contributed by atoms with E-state index in [1.54, 1.807) is 24.3 Å². The van der Waals surface area contributed by atoms with Crippen LogP contribution in [0.2, 0.25) is 0 Å². The van der Waals surface area contributed by atoms with Crippen LogP contribution >= 0.6 is 0 Å². The van der Waals surface area contributed by atoms with Crippen LogP contribution in [0.3, 0.4) is 0 Å². The molecule has 4 N–H and O–H groups in total. The fraction of sp³-hybridized carbons (Fsp3) is 0.250. The molecule has 0 spiro atoms. The highest BCUT2D eigenvalue weighted by molar-refractivity contribution is 6.58. The zero-order chi connectivity index (χ0) is 9.68. The van der Waals surface area contributed by atoms with Crippen LogP contribution < -0.4 is 10.8 Å². The maximum atomic E-state index is 8.79. The van der Waals surface area contributed by atoms with Crippen molar-refractivity contribution in [1.29, 1.82) is 0 Å².